The van der Waals surface area contributed by atoms with Gasteiger partial charge in [0.05, 0.1) is 33.0 Å². The van der Waals surface area contributed by atoms with E-state index < -0.39 is 0 Å². The van der Waals surface area contributed by atoms with Crippen LogP contribution in [0.3, 0.4) is 0 Å². The monoisotopic (exact) mass is 325 g/mol. The molecule has 0 aliphatic heterocycles. The van der Waals surface area contributed by atoms with E-state index in [4.69, 9.17) is 14.2 Å². The number of ether oxygens (including phenoxy) is 3. The van der Waals surface area contributed by atoms with Crippen LogP contribution >= 0.6 is 0 Å². The summed E-state index contributed by atoms with van der Waals surface area (Å²) in [6.07, 6.45) is 2.36. The Bertz CT molecular complexity index is 512. The van der Waals surface area contributed by atoms with Crippen LogP contribution in [0, 0.1) is 13.8 Å². The van der Waals surface area contributed by atoms with E-state index in [1.807, 2.05) is 13.8 Å². The summed E-state index contributed by atoms with van der Waals surface area (Å²) in [5.41, 5.74) is 1.48. The second-order valence-corrected chi connectivity index (χ2v) is 5.67. The summed E-state index contributed by atoms with van der Waals surface area (Å²) in [7, 11) is 1.64. The van der Waals surface area contributed by atoms with Crippen molar-refractivity contribution >= 4 is 5.91 Å². The number of nitrogens with one attached hydrogen (secondary N) is 1. The SMILES string of the molecule is COCCOCCOCCNC(=O)c1nc(C)n(C2CC2)c1C. The smallest absolute Gasteiger partial charge is 0.271 e. The highest BCUT2D eigenvalue weighted by molar-refractivity contribution is 5.93. The van der Waals surface area contributed by atoms with Gasteiger partial charge < -0.3 is 24.1 Å². The molecule has 23 heavy (non-hydrogen) atoms. The van der Waals surface area contributed by atoms with Crippen LogP contribution in [-0.2, 0) is 14.2 Å². The van der Waals surface area contributed by atoms with E-state index in [0.29, 0.717) is 51.3 Å². The number of carbonyl (C=O) groups excluding carboxylic acids is 1. The van der Waals surface area contributed by atoms with Crippen LogP contribution in [0.15, 0.2) is 0 Å². The van der Waals surface area contributed by atoms with Gasteiger partial charge >= 0.3 is 0 Å². The molecule has 0 spiro atoms. The van der Waals surface area contributed by atoms with Crippen molar-refractivity contribution in [3.05, 3.63) is 17.2 Å². The first-order valence-corrected chi connectivity index (χ1v) is 8.13. The normalized spacial score (nSPS) is 14.2. The average Bonchev–Trinajstić information content (AvgIpc) is 3.31. The van der Waals surface area contributed by atoms with Crippen molar-refractivity contribution in [1.29, 1.82) is 0 Å². The number of carbonyl (C=O) groups is 1. The Hall–Kier alpha value is -1.44. The maximum Gasteiger partial charge on any atom is 0.271 e. The first kappa shape index (κ1) is 17.9. The lowest BCUT2D eigenvalue weighted by atomic mass is 10.3. The van der Waals surface area contributed by atoms with Crippen molar-refractivity contribution in [2.24, 2.45) is 0 Å². The van der Waals surface area contributed by atoms with E-state index in [9.17, 15) is 4.79 Å². The molecule has 1 aliphatic rings. The van der Waals surface area contributed by atoms with E-state index in [-0.39, 0.29) is 5.91 Å². The van der Waals surface area contributed by atoms with Crippen LogP contribution in [0.2, 0.25) is 0 Å². The Morgan fingerprint density at radius 2 is 1.83 bits per heavy atom. The molecule has 0 saturated heterocycles. The molecular formula is C16H27N3O4. The Morgan fingerprint density at radius 3 is 2.48 bits per heavy atom. The lowest BCUT2D eigenvalue weighted by Crippen LogP contribution is -2.28. The minimum Gasteiger partial charge on any atom is -0.382 e. The summed E-state index contributed by atoms with van der Waals surface area (Å²) in [5, 5.41) is 2.85. The van der Waals surface area contributed by atoms with Gasteiger partial charge in [-0.15, -0.1) is 0 Å². The number of hydrogen-bond acceptors (Lipinski definition) is 5. The first-order chi connectivity index (χ1) is 11.1. The van der Waals surface area contributed by atoms with Gasteiger partial charge in [0, 0.05) is 25.4 Å². The highest BCUT2D eigenvalue weighted by Gasteiger charge is 2.29. The Kier molecular flexibility index (Phi) is 7.01. The Balaban J connectivity index is 1.63. The van der Waals surface area contributed by atoms with Gasteiger partial charge in [-0.1, -0.05) is 0 Å². The Labute approximate surface area is 137 Å². The quantitative estimate of drug-likeness (QED) is 0.620. The van der Waals surface area contributed by atoms with Gasteiger partial charge in [0.25, 0.3) is 5.91 Å². The number of aryl methyl sites for hydroxylation is 1. The van der Waals surface area contributed by atoms with Gasteiger partial charge in [-0.2, -0.15) is 0 Å². The highest BCUT2D eigenvalue weighted by Crippen LogP contribution is 2.37. The van der Waals surface area contributed by atoms with Gasteiger partial charge in [-0.3, -0.25) is 4.79 Å². The van der Waals surface area contributed by atoms with Crippen molar-refractivity contribution in [2.45, 2.75) is 32.7 Å². The second kappa shape index (κ2) is 9.00. The molecule has 1 saturated carbocycles. The van der Waals surface area contributed by atoms with E-state index in [1.54, 1.807) is 7.11 Å². The van der Waals surface area contributed by atoms with E-state index in [2.05, 4.69) is 14.9 Å². The number of imidazole rings is 1. The van der Waals surface area contributed by atoms with Gasteiger partial charge in [0.1, 0.15) is 11.5 Å². The van der Waals surface area contributed by atoms with Crippen LogP contribution in [0.5, 0.6) is 0 Å². The van der Waals surface area contributed by atoms with E-state index in [1.165, 1.54) is 12.8 Å². The molecule has 0 unspecified atom stereocenters. The third-order valence-corrected chi connectivity index (χ3v) is 3.79. The maximum atomic E-state index is 12.2. The highest BCUT2D eigenvalue weighted by atomic mass is 16.5. The zero-order valence-corrected chi connectivity index (χ0v) is 14.3. The lowest BCUT2D eigenvalue weighted by molar-refractivity contribution is 0.0255. The predicted molar refractivity (Wildman–Crippen MR) is 85.8 cm³/mol. The molecule has 130 valence electrons. The zero-order chi connectivity index (χ0) is 16.7. The molecular weight excluding hydrogens is 298 g/mol. The van der Waals surface area contributed by atoms with Gasteiger partial charge in [0.15, 0.2) is 0 Å². The van der Waals surface area contributed by atoms with Crippen LogP contribution in [0.1, 0.15) is 40.9 Å². The van der Waals surface area contributed by atoms with Crippen molar-refractivity contribution in [1.82, 2.24) is 14.9 Å². The summed E-state index contributed by atoms with van der Waals surface area (Å²) in [6.45, 7) is 7.03. The number of hydrogen-bond donors (Lipinski definition) is 1. The number of rotatable bonds is 11. The minimum atomic E-state index is -0.134. The predicted octanol–water partition coefficient (Wildman–Crippen LogP) is 1.24. The van der Waals surface area contributed by atoms with Gasteiger partial charge in [-0.25, -0.2) is 4.98 Å². The lowest BCUT2D eigenvalue weighted by Gasteiger charge is -2.07. The summed E-state index contributed by atoms with van der Waals surface area (Å²) in [6, 6.07) is 0.533. The van der Waals surface area contributed by atoms with E-state index in [0.717, 1.165) is 11.5 Å². The van der Waals surface area contributed by atoms with Crippen LogP contribution in [0.25, 0.3) is 0 Å². The summed E-state index contributed by atoms with van der Waals surface area (Å²) >= 11 is 0. The summed E-state index contributed by atoms with van der Waals surface area (Å²) in [4.78, 5) is 16.6. The molecule has 0 atom stereocenters. The topological polar surface area (TPSA) is 74.6 Å². The number of nitrogens with zero attached hydrogens (tertiary/aromatic N) is 2. The molecule has 1 amide bonds. The van der Waals surface area contributed by atoms with Gasteiger partial charge in [-0.05, 0) is 26.7 Å². The minimum absolute atomic E-state index is 0.134. The summed E-state index contributed by atoms with van der Waals surface area (Å²) < 4.78 is 17.7. The average molecular weight is 325 g/mol. The van der Waals surface area contributed by atoms with Crippen molar-refractivity contribution < 1.29 is 19.0 Å². The third kappa shape index (κ3) is 5.30. The fourth-order valence-electron chi connectivity index (χ4n) is 2.52. The molecule has 0 radical (unpaired) electrons. The number of methoxy groups -OCH3 is 1. The van der Waals surface area contributed by atoms with Crippen molar-refractivity contribution in [2.75, 3.05) is 46.7 Å². The molecule has 1 aromatic heterocycles. The first-order valence-electron chi connectivity index (χ1n) is 8.13. The second-order valence-electron chi connectivity index (χ2n) is 5.67. The fraction of sp³-hybridized carbons (Fsp3) is 0.750. The van der Waals surface area contributed by atoms with Gasteiger partial charge in [0.2, 0.25) is 0 Å². The molecule has 2 rings (SSSR count). The zero-order valence-electron chi connectivity index (χ0n) is 14.3. The molecule has 0 bridgehead atoms. The molecule has 1 aliphatic carbocycles. The van der Waals surface area contributed by atoms with Crippen molar-refractivity contribution in [3.8, 4) is 0 Å². The molecule has 7 heteroatoms. The maximum absolute atomic E-state index is 12.2. The molecule has 7 nitrogen and oxygen atoms in total. The largest absolute Gasteiger partial charge is 0.382 e. The summed E-state index contributed by atoms with van der Waals surface area (Å²) in [5.74, 6) is 0.782. The third-order valence-electron chi connectivity index (χ3n) is 3.79. The van der Waals surface area contributed by atoms with Crippen LogP contribution in [-0.4, -0.2) is 62.1 Å². The fourth-order valence-corrected chi connectivity index (χ4v) is 2.52. The van der Waals surface area contributed by atoms with Crippen LogP contribution < -0.4 is 5.32 Å². The molecule has 1 fully saturated rings. The standard InChI is InChI=1S/C16H27N3O4/c1-12-15(18-13(2)19(12)14-4-5-14)16(20)17-6-7-22-10-11-23-9-8-21-3/h14H,4-11H2,1-3H3,(H,17,20). The number of amides is 1. The van der Waals surface area contributed by atoms with Crippen molar-refractivity contribution in [3.63, 3.8) is 0 Å². The van der Waals surface area contributed by atoms with Crippen LogP contribution in [0.4, 0.5) is 0 Å². The van der Waals surface area contributed by atoms with E-state index >= 15 is 0 Å². The molecule has 1 aromatic rings. The Morgan fingerprint density at radius 1 is 1.17 bits per heavy atom. The molecule has 1 N–H and O–H groups in total. The molecule has 0 aromatic carbocycles. The number of aromatic nitrogens is 2. The molecule has 1 heterocycles.